The Hall–Kier alpha value is -2.09. The average molecular weight is 336 g/mol. The van der Waals surface area contributed by atoms with Crippen LogP contribution >= 0.6 is 0 Å². The van der Waals surface area contributed by atoms with Crippen molar-refractivity contribution in [2.24, 2.45) is 5.92 Å². The molecule has 3 aliphatic rings. The maximum atomic E-state index is 12.8. The minimum Gasteiger partial charge on any atom is -0.481 e. The highest BCUT2D eigenvalue weighted by atomic mass is 32.2. The van der Waals surface area contributed by atoms with Crippen LogP contribution in [-0.2, 0) is 14.6 Å². The van der Waals surface area contributed by atoms with Gasteiger partial charge in [-0.3, -0.25) is 9.59 Å². The molecule has 3 aliphatic heterocycles. The molecule has 0 saturated carbocycles. The lowest BCUT2D eigenvalue weighted by Gasteiger charge is -2.23. The van der Waals surface area contributed by atoms with E-state index in [-0.39, 0.29) is 36.6 Å². The minimum absolute atomic E-state index is 0.0316. The van der Waals surface area contributed by atoms with Crippen LogP contribution in [0.4, 0.5) is 5.69 Å². The molecular formula is C15H16N2O5S. The number of amides is 2. The first kappa shape index (κ1) is 14.5. The van der Waals surface area contributed by atoms with Gasteiger partial charge in [0.2, 0.25) is 0 Å². The second-order valence-corrected chi connectivity index (χ2v) is 8.52. The number of nitrogens with zero attached hydrogens (tertiary/aromatic N) is 1. The van der Waals surface area contributed by atoms with Crippen LogP contribution in [0.1, 0.15) is 16.8 Å². The van der Waals surface area contributed by atoms with Crippen LogP contribution in [0, 0.1) is 5.92 Å². The monoisotopic (exact) mass is 336 g/mol. The first-order valence-electron chi connectivity index (χ1n) is 7.52. The highest BCUT2D eigenvalue weighted by Gasteiger charge is 2.47. The van der Waals surface area contributed by atoms with Crippen molar-refractivity contribution in [3.63, 3.8) is 0 Å². The third kappa shape index (κ3) is 2.28. The molecule has 2 amide bonds. The number of sulfone groups is 1. The Kier molecular flexibility index (Phi) is 3.12. The average Bonchev–Trinajstić information content (AvgIpc) is 3.07. The van der Waals surface area contributed by atoms with Crippen molar-refractivity contribution in [3.05, 3.63) is 23.8 Å². The molecule has 23 heavy (non-hydrogen) atoms. The summed E-state index contributed by atoms with van der Waals surface area (Å²) in [4.78, 5) is 25.7. The SMILES string of the molecule is O=C1COc2c(cccc2C(=O)N2C[C@@H]3CCS(=O)(=O)[C@@H]3C2)N1. The molecule has 2 fully saturated rings. The molecule has 1 aromatic rings. The number of fused-ring (bicyclic) bond motifs is 2. The lowest BCUT2D eigenvalue weighted by molar-refractivity contribution is -0.118. The predicted octanol–water partition coefficient (Wildman–Crippen LogP) is 0.277. The van der Waals surface area contributed by atoms with E-state index in [4.69, 9.17) is 4.74 Å². The molecule has 3 heterocycles. The Labute approximate surface area is 133 Å². The van der Waals surface area contributed by atoms with E-state index in [1.165, 1.54) is 0 Å². The number of para-hydroxylation sites is 1. The number of benzene rings is 1. The quantitative estimate of drug-likeness (QED) is 0.795. The third-order valence-corrected chi connectivity index (χ3v) is 7.03. The van der Waals surface area contributed by atoms with Crippen LogP contribution in [0.15, 0.2) is 18.2 Å². The zero-order chi connectivity index (χ0) is 16.2. The summed E-state index contributed by atoms with van der Waals surface area (Å²) in [5.41, 5.74) is 0.832. The molecule has 0 aliphatic carbocycles. The fraction of sp³-hybridized carbons (Fsp3) is 0.467. The molecule has 0 unspecified atom stereocenters. The third-order valence-electron chi connectivity index (χ3n) is 4.77. The largest absolute Gasteiger partial charge is 0.481 e. The molecule has 0 bridgehead atoms. The van der Waals surface area contributed by atoms with E-state index in [1.807, 2.05) is 0 Å². The molecule has 2 saturated heterocycles. The topological polar surface area (TPSA) is 92.8 Å². The van der Waals surface area contributed by atoms with Gasteiger partial charge in [-0.2, -0.15) is 0 Å². The fourth-order valence-electron chi connectivity index (χ4n) is 3.61. The van der Waals surface area contributed by atoms with E-state index in [2.05, 4.69) is 5.32 Å². The molecular weight excluding hydrogens is 320 g/mol. The normalized spacial score (nSPS) is 27.8. The highest BCUT2D eigenvalue weighted by Crippen LogP contribution is 2.37. The number of carbonyl (C=O) groups excluding carboxylic acids is 2. The van der Waals surface area contributed by atoms with Gasteiger partial charge >= 0.3 is 0 Å². The highest BCUT2D eigenvalue weighted by molar-refractivity contribution is 7.92. The Morgan fingerprint density at radius 1 is 1.30 bits per heavy atom. The van der Waals surface area contributed by atoms with Gasteiger partial charge in [-0.05, 0) is 24.5 Å². The Morgan fingerprint density at radius 2 is 2.13 bits per heavy atom. The fourth-order valence-corrected chi connectivity index (χ4v) is 5.76. The number of carbonyl (C=O) groups is 2. The smallest absolute Gasteiger partial charge is 0.262 e. The number of likely N-dealkylation sites (tertiary alicyclic amines) is 1. The predicted molar refractivity (Wildman–Crippen MR) is 82.2 cm³/mol. The van der Waals surface area contributed by atoms with Gasteiger partial charge in [-0.1, -0.05) is 6.07 Å². The molecule has 0 spiro atoms. The van der Waals surface area contributed by atoms with Gasteiger partial charge in [-0.25, -0.2) is 8.42 Å². The molecule has 7 nitrogen and oxygen atoms in total. The summed E-state index contributed by atoms with van der Waals surface area (Å²) >= 11 is 0. The van der Waals surface area contributed by atoms with Crippen LogP contribution in [0.2, 0.25) is 0 Å². The van der Waals surface area contributed by atoms with Crippen LogP contribution in [0.5, 0.6) is 5.75 Å². The van der Waals surface area contributed by atoms with Crippen molar-refractivity contribution >= 4 is 27.3 Å². The number of nitrogens with one attached hydrogen (secondary N) is 1. The van der Waals surface area contributed by atoms with Crippen molar-refractivity contribution in [2.45, 2.75) is 11.7 Å². The van der Waals surface area contributed by atoms with Crippen molar-refractivity contribution in [2.75, 3.05) is 30.8 Å². The summed E-state index contributed by atoms with van der Waals surface area (Å²) in [6.45, 7) is 0.567. The number of rotatable bonds is 1. The Bertz CT molecular complexity index is 804. The number of hydrogen-bond donors (Lipinski definition) is 1. The Morgan fingerprint density at radius 3 is 2.91 bits per heavy atom. The van der Waals surface area contributed by atoms with Crippen LogP contribution in [0.25, 0.3) is 0 Å². The van der Waals surface area contributed by atoms with Crippen LogP contribution in [-0.4, -0.2) is 55.8 Å². The van der Waals surface area contributed by atoms with Gasteiger partial charge in [0.1, 0.15) is 0 Å². The van der Waals surface area contributed by atoms with Gasteiger partial charge in [-0.15, -0.1) is 0 Å². The van der Waals surface area contributed by atoms with E-state index in [0.717, 1.165) is 0 Å². The number of anilines is 1. The van der Waals surface area contributed by atoms with Crippen molar-refractivity contribution in [1.29, 1.82) is 0 Å². The molecule has 1 aromatic carbocycles. The van der Waals surface area contributed by atoms with E-state index >= 15 is 0 Å². The summed E-state index contributed by atoms with van der Waals surface area (Å²) in [7, 11) is -3.08. The van der Waals surface area contributed by atoms with Gasteiger partial charge in [0.25, 0.3) is 11.8 Å². The van der Waals surface area contributed by atoms with E-state index in [0.29, 0.717) is 30.0 Å². The standard InChI is InChI=1S/C15H16N2O5S/c18-13-8-22-14-10(2-1-3-11(14)16-13)15(19)17-6-9-4-5-23(20,21)12(9)7-17/h1-3,9,12H,4-8H2,(H,16,18)/t9-,12+/m0/s1. The van der Waals surface area contributed by atoms with Crippen molar-refractivity contribution in [3.8, 4) is 5.75 Å². The van der Waals surface area contributed by atoms with E-state index in [9.17, 15) is 18.0 Å². The zero-order valence-corrected chi connectivity index (χ0v) is 13.1. The van der Waals surface area contributed by atoms with Gasteiger partial charge < -0.3 is 15.0 Å². The van der Waals surface area contributed by atoms with Crippen molar-refractivity contribution in [1.82, 2.24) is 4.90 Å². The lowest BCUT2D eigenvalue weighted by atomic mass is 10.1. The zero-order valence-electron chi connectivity index (χ0n) is 12.3. The molecule has 4 rings (SSSR count). The van der Waals surface area contributed by atoms with Crippen LogP contribution in [0.3, 0.4) is 0 Å². The first-order chi connectivity index (χ1) is 11.0. The van der Waals surface area contributed by atoms with Gasteiger partial charge in [0, 0.05) is 13.1 Å². The molecule has 0 aromatic heterocycles. The second kappa shape index (κ2) is 4.95. The summed E-state index contributed by atoms with van der Waals surface area (Å²) in [5, 5.41) is 2.23. The minimum atomic E-state index is -3.08. The summed E-state index contributed by atoms with van der Waals surface area (Å²) in [6.07, 6.45) is 0.621. The first-order valence-corrected chi connectivity index (χ1v) is 9.24. The lowest BCUT2D eigenvalue weighted by Crippen LogP contribution is -2.33. The number of hydrogen-bond acceptors (Lipinski definition) is 5. The van der Waals surface area contributed by atoms with Crippen molar-refractivity contribution < 1.29 is 22.7 Å². The molecule has 1 N–H and O–H groups in total. The second-order valence-electron chi connectivity index (χ2n) is 6.18. The molecule has 2 atom stereocenters. The Balaban J connectivity index is 1.62. The summed E-state index contributed by atoms with van der Waals surface area (Å²) in [5.74, 6) is 0.105. The molecule has 8 heteroatoms. The van der Waals surface area contributed by atoms with Crippen LogP contribution < -0.4 is 10.1 Å². The maximum Gasteiger partial charge on any atom is 0.262 e. The van der Waals surface area contributed by atoms with E-state index in [1.54, 1.807) is 23.1 Å². The summed E-state index contributed by atoms with van der Waals surface area (Å²) < 4.78 is 29.4. The van der Waals surface area contributed by atoms with E-state index < -0.39 is 15.1 Å². The molecule has 122 valence electrons. The summed E-state index contributed by atoms with van der Waals surface area (Å²) in [6, 6.07) is 4.99. The number of ether oxygens (including phenoxy) is 1. The van der Waals surface area contributed by atoms with Gasteiger partial charge in [0.15, 0.2) is 22.2 Å². The van der Waals surface area contributed by atoms with Gasteiger partial charge in [0.05, 0.1) is 22.3 Å². The molecule has 0 radical (unpaired) electrons. The maximum absolute atomic E-state index is 12.8.